The lowest BCUT2D eigenvalue weighted by Gasteiger charge is -2.11. The zero-order chi connectivity index (χ0) is 14.0. The Morgan fingerprint density at radius 3 is 2.74 bits per heavy atom. The maximum Gasteiger partial charge on any atom is 0.271 e. The molecule has 0 radical (unpaired) electrons. The van der Waals surface area contributed by atoms with E-state index in [1.54, 1.807) is 12.2 Å². The van der Waals surface area contributed by atoms with E-state index in [0.29, 0.717) is 12.1 Å². The van der Waals surface area contributed by atoms with Gasteiger partial charge in [0.1, 0.15) is 0 Å². The van der Waals surface area contributed by atoms with Gasteiger partial charge in [-0.25, -0.2) is 0 Å². The van der Waals surface area contributed by atoms with Crippen molar-refractivity contribution >= 4 is 28.9 Å². The molecule has 2 unspecified atom stereocenters. The molecule has 19 heavy (non-hydrogen) atoms. The molecule has 1 amide bonds. The van der Waals surface area contributed by atoms with Crippen LogP contribution in [0.5, 0.6) is 0 Å². The number of carbonyl (C=O) groups excluding carboxylic acids is 1. The zero-order valence-electron chi connectivity index (χ0n) is 9.88. The van der Waals surface area contributed by atoms with Crippen LogP contribution in [0.25, 0.3) is 0 Å². The Morgan fingerprint density at radius 2 is 2.21 bits per heavy atom. The summed E-state index contributed by atoms with van der Waals surface area (Å²) in [5, 5.41) is 13.3. The van der Waals surface area contributed by atoms with Crippen molar-refractivity contribution in [1.82, 2.24) is 0 Å². The van der Waals surface area contributed by atoms with Gasteiger partial charge in [0.25, 0.3) is 5.69 Å². The largest absolute Gasteiger partial charge is 0.324 e. The van der Waals surface area contributed by atoms with Crippen LogP contribution in [0.2, 0.25) is 5.02 Å². The van der Waals surface area contributed by atoms with Gasteiger partial charge < -0.3 is 11.1 Å². The standard InChI is InChI=1S/C12H12ClN3O3/c13-10-6-9(16(18)19)3-4-11(10)15-12(17)7-1-2-8(14)5-7/h1-4,6-8H,5,14H2,(H,15,17). The molecule has 0 heterocycles. The van der Waals surface area contributed by atoms with Crippen molar-refractivity contribution in [3.8, 4) is 0 Å². The van der Waals surface area contributed by atoms with Crippen LogP contribution < -0.4 is 11.1 Å². The summed E-state index contributed by atoms with van der Waals surface area (Å²) < 4.78 is 0. The number of nitrogens with zero attached hydrogens (tertiary/aromatic N) is 1. The number of anilines is 1. The number of rotatable bonds is 3. The fourth-order valence-corrected chi connectivity index (χ4v) is 2.09. The molecule has 100 valence electrons. The first-order valence-corrected chi connectivity index (χ1v) is 6.04. The van der Waals surface area contributed by atoms with Crippen LogP contribution in [0.1, 0.15) is 6.42 Å². The molecule has 0 saturated carbocycles. The van der Waals surface area contributed by atoms with E-state index in [9.17, 15) is 14.9 Å². The summed E-state index contributed by atoms with van der Waals surface area (Å²) in [6, 6.07) is 3.80. The number of halogens is 1. The Morgan fingerprint density at radius 1 is 1.47 bits per heavy atom. The topological polar surface area (TPSA) is 98.3 Å². The van der Waals surface area contributed by atoms with Crippen LogP contribution >= 0.6 is 11.6 Å². The number of hydrogen-bond acceptors (Lipinski definition) is 4. The summed E-state index contributed by atoms with van der Waals surface area (Å²) in [6.45, 7) is 0. The Bertz CT molecular complexity index is 559. The summed E-state index contributed by atoms with van der Waals surface area (Å²) in [5.41, 5.74) is 5.90. The molecule has 1 aliphatic rings. The molecule has 3 N–H and O–H groups in total. The summed E-state index contributed by atoms with van der Waals surface area (Å²) in [4.78, 5) is 21.9. The predicted octanol–water partition coefficient (Wildman–Crippen LogP) is 2.09. The summed E-state index contributed by atoms with van der Waals surface area (Å²) >= 11 is 5.89. The molecular weight excluding hydrogens is 270 g/mol. The van der Waals surface area contributed by atoms with Gasteiger partial charge in [-0.05, 0) is 12.5 Å². The number of carbonyl (C=O) groups is 1. The van der Waals surface area contributed by atoms with Crippen LogP contribution in [0.15, 0.2) is 30.4 Å². The first-order chi connectivity index (χ1) is 8.97. The van der Waals surface area contributed by atoms with Crippen molar-refractivity contribution in [2.45, 2.75) is 12.5 Å². The van der Waals surface area contributed by atoms with Crippen molar-refractivity contribution in [2.75, 3.05) is 5.32 Å². The first kappa shape index (κ1) is 13.5. The number of nitro benzene ring substituents is 1. The predicted molar refractivity (Wildman–Crippen MR) is 72.0 cm³/mol. The van der Waals surface area contributed by atoms with E-state index in [4.69, 9.17) is 17.3 Å². The molecule has 0 bridgehead atoms. The summed E-state index contributed by atoms with van der Waals surface area (Å²) in [7, 11) is 0. The number of nitrogens with two attached hydrogens (primary N) is 1. The van der Waals surface area contributed by atoms with E-state index in [-0.39, 0.29) is 28.6 Å². The van der Waals surface area contributed by atoms with E-state index >= 15 is 0 Å². The lowest BCUT2D eigenvalue weighted by atomic mass is 10.1. The van der Waals surface area contributed by atoms with Crippen LogP contribution in [-0.4, -0.2) is 16.9 Å². The van der Waals surface area contributed by atoms with Gasteiger partial charge in [0.15, 0.2) is 0 Å². The molecule has 0 fully saturated rings. The number of non-ortho nitro benzene ring substituents is 1. The van der Waals surface area contributed by atoms with Gasteiger partial charge >= 0.3 is 0 Å². The summed E-state index contributed by atoms with van der Waals surface area (Å²) in [5.74, 6) is -0.513. The fraction of sp³-hybridized carbons (Fsp3) is 0.250. The van der Waals surface area contributed by atoms with Crippen molar-refractivity contribution < 1.29 is 9.72 Å². The second kappa shape index (κ2) is 5.38. The minimum Gasteiger partial charge on any atom is -0.324 e. The molecule has 0 aliphatic heterocycles. The Balaban J connectivity index is 2.09. The highest BCUT2D eigenvalue weighted by Crippen LogP contribution is 2.28. The van der Waals surface area contributed by atoms with Crippen LogP contribution in [-0.2, 0) is 4.79 Å². The van der Waals surface area contributed by atoms with Crippen LogP contribution in [0.4, 0.5) is 11.4 Å². The maximum atomic E-state index is 11.9. The van der Waals surface area contributed by atoms with Gasteiger partial charge in [-0.15, -0.1) is 0 Å². The molecule has 0 aromatic heterocycles. The zero-order valence-corrected chi connectivity index (χ0v) is 10.6. The van der Waals surface area contributed by atoms with Gasteiger partial charge in [0, 0.05) is 18.2 Å². The smallest absolute Gasteiger partial charge is 0.271 e. The van der Waals surface area contributed by atoms with E-state index in [1.807, 2.05) is 0 Å². The van der Waals surface area contributed by atoms with E-state index in [2.05, 4.69) is 5.32 Å². The second-order valence-electron chi connectivity index (χ2n) is 4.30. The monoisotopic (exact) mass is 281 g/mol. The minimum absolute atomic E-state index is 0.108. The summed E-state index contributed by atoms with van der Waals surface area (Å²) in [6.07, 6.45) is 4.08. The van der Waals surface area contributed by atoms with E-state index < -0.39 is 4.92 Å². The molecule has 2 rings (SSSR count). The van der Waals surface area contributed by atoms with Gasteiger partial charge in [-0.1, -0.05) is 23.8 Å². The Hall–Kier alpha value is -1.92. The molecule has 0 saturated heterocycles. The molecule has 1 aliphatic carbocycles. The second-order valence-corrected chi connectivity index (χ2v) is 4.71. The Labute approximate surface area is 114 Å². The van der Waals surface area contributed by atoms with Crippen LogP contribution in [0, 0.1) is 16.0 Å². The van der Waals surface area contributed by atoms with Gasteiger partial charge in [-0.2, -0.15) is 0 Å². The normalized spacial score (nSPS) is 21.4. The number of hydrogen-bond donors (Lipinski definition) is 2. The van der Waals surface area contributed by atoms with Crippen LogP contribution in [0.3, 0.4) is 0 Å². The molecular formula is C12H12ClN3O3. The first-order valence-electron chi connectivity index (χ1n) is 5.66. The van der Waals surface area contributed by atoms with E-state index in [1.165, 1.54) is 18.2 Å². The highest BCUT2D eigenvalue weighted by molar-refractivity contribution is 6.34. The van der Waals surface area contributed by atoms with Crippen molar-refractivity contribution in [3.63, 3.8) is 0 Å². The number of benzene rings is 1. The third kappa shape index (κ3) is 3.10. The molecule has 1 aromatic rings. The highest BCUT2D eigenvalue weighted by atomic mass is 35.5. The molecule has 7 heteroatoms. The minimum atomic E-state index is -0.545. The van der Waals surface area contributed by atoms with Crippen molar-refractivity contribution in [1.29, 1.82) is 0 Å². The van der Waals surface area contributed by atoms with Gasteiger partial charge in [0.2, 0.25) is 5.91 Å². The van der Waals surface area contributed by atoms with Gasteiger partial charge in [-0.3, -0.25) is 14.9 Å². The van der Waals surface area contributed by atoms with Gasteiger partial charge in [0.05, 0.1) is 21.6 Å². The third-order valence-corrected chi connectivity index (χ3v) is 3.19. The number of nitro groups is 1. The third-order valence-electron chi connectivity index (χ3n) is 2.87. The lowest BCUT2D eigenvalue weighted by molar-refractivity contribution is -0.384. The maximum absolute atomic E-state index is 11.9. The average Bonchev–Trinajstić information content (AvgIpc) is 2.78. The SMILES string of the molecule is NC1C=CC(C(=O)Nc2ccc([N+](=O)[O-])cc2Cl)C1. The molecule has 6 nitrogen and oxygen atoms in total. The lowest BCUT2D eigenvalue weighted by Crippen LogP contribution is -2.24. The average molecular weight is 282 g/mol. The molecule has 1 aromatic carbocycles. The highest BCUT2D eigenvalue weighted by Gasteiger charge is 2.23. The molecule has 2 atom stereocenters. The van der Waals surface area contributed by atoms with E-state index in [0.717, 1.165) is 0 Å². The quantitative estimate of drug-likeness (QED) is 0.503. The molecule has 0 spiro atoms. The van der Waals surface area contributed by atoms with Crippen molar-refractivity contribution in [3.05, 3.63) is 45.5 Å². The fourth-order valence-electron chi connectivity index (χ4n) is 1.87. The Kier molecular flexibility index (Phi) is 3.82. The number of nitrogens with one attached hydrogen (secondary N) is 1. The van der Waals surface area contributed by atoms with Crippen molar-refractivity contribution in [2.24, 2.45) is 11.7 Å². The number of amides is 1.